The summed E-state index contributed by atoms with van der Waals surface area (Å²) in [6.45, 7) is 2.79. The molecule has 2 rings (SSSR count). The van der Waals surface area contributed by atoms with Crippen LogP contribution in [0, 0.1) is 5.92 Å². The van der Waals surface area contributed by atoms with Crippen molar-refractivity contribution in [2.45, 2.75) is 13.3 Å². The third-order valence-corrected chi connectivity index (χ3v) is 2.98. The number of nitrogens with zero attached hydrogens (tertiary/aromatic N) is 1. The van der Waals surface area contributed by atoms with E-state index in [0.29, 0.717) is 12.5 Å². The third-order valence-electron chi connectivity index (χ3n) is 2.73. The largest absolute Gasteiger partial charge is 0.342 e. The van der Waals surface area contributed by atoms with Crippen LogP contribution in [0.15, 0.2) is 30.5 Å². The van der Waals surface area contributed by atoms with Crippen molar-refractivity contribution < 1.29 is 0 Å². The zero-order chi connectivity index (χ0) is 12.3. The minimum Gasteiger partial charge on any atom is -0.342 e. The summed E-state index contributed by atoms with van der Waals surface area (Å²) in [4.78, 5) is 7.66. The molecule has 4 heteroatoms. The first-order chi connectivity index (χ1) is 8.19. The highest BCUT2D eigenvalue weighted by Crippen LogP contribution is 2.20. The lowest BCUT2D eigenvalue weighted by molar-refractivity contribution is 0.577. The van der Waals surface area contributed by atoms with Gasteiger partial charge in [-0.3, -0.25) is 0 Å². The van der Waals surface area contributed by atoms with Gasteiger partial charge in [0.25, 0.3) is 0 Å². The Labute approximate surface area is 106 Å². The molecule has 0 saturated carbocycles. The number of imidazole rings is 1. The molecule has 0 aliphatic carbocycles. The fourth-order valence-electron chi connectivity index (χ4n) is 1.66. The Balaban J connectivity index is 2.15. The average Bonchev–Trinajstić information content (AvgIpc) is 2.78. The third kappa shape index (κ3) is 3.08. The normalized spacial score (nSPS) is 12.6. The summed E-state index contributed by atoms with van der Waals surface area (Å²) in [5.74, 6) is 1.42. The number of halogens is 1. The van der Waals surface area contributed by atoms with Crippen LogP contribution in [0.3, 0.4) is 0 Å². The van der Waals surface area contributed by atoms with Crippen molar-refractivity contribution in [3.8, 4) is 11.3 Å². The minimum atomic E-state index is 0.444. The van der Waals surface area contributed by atoms with Gasteiger partial charge >= 0.3 is 0 Å². The van der Waals surface area contributed by atoms with Gasteiger partial charge in [-0.05, 0) is 30.2 Å². The number of rotatable bonds is 4. The lowest BCUT2D eigenvalue weighted by Gasteiger charge is -2.04. The summed E-state index contributed by atoms with van der Waals surface area (Å²) in [5.41, 5.74) is 7.70. The van der Waals surface area contributed by atoms with Gasteiger partial charge in [0.05, 0.1) is 11.9 Å². The van der Waals surface area contributed by atoms with Gasteiger partial charge in [-0.1, -0.05) is 30.7 Å². The van der Waals surface area contributed by atoms with Crippen molar-refractivity contribution in [3.63, 3.8) is 0 Å². The predicted octanol–water partition coefficient (Wildman–Crippen LogP) is 2.87. The smallest absolute Gasteiger partial charge is 0.106 e. The minimum absolute atomic E-state index is 0.444. The molecule has 17 heavy (non-hydrogen) atoms. The van der Waals surface area contributed by atoms with E-state index in [1.165, 1.54) is 0 Å². The molecule has 0 amide bonds. The Bertz CT molecular complexity index is 476. The second kappa shape index (κ2) is 5.34. The molecule has 0 aliphatic rings. The molecule has 90 valence electrons. The van der Waals surface area contributed by atoms with E-state index in [4.69, 9.17) is 17.3 Å². The second-order valence-corrected chi connectivity index (χ2v) is 4.73. The van der Waals surface area contributed by atoms with Gasteiger partial charge in [0.2, 0.25) is 0 Å². The maximum absolute atomic E-state index is 5.85. The van der Waals surface area contributed by atoms with Crippen LogP contribution in [0.25, 0.3) is 11.3 Å². The summed E-state index contributed by atoms with van der Waals surface area (Å²) in [5, 5.41) is 0.741. The Kier molecular flexibility index (Phi) is 3.82. The molecule has 1 unspecified atom stereocenters. The first-order valence-electron chi connectivity index (χ1n) is 5.69. The van der Waals surface area contributed by atoms with E-state index in [1.54, 1.807) is 0 Å². The van der Waals surface area contributed by atoms with E-state index in [-0.39, 0.29) is 0 Å². The van der Waals surface area contributed by atoms with E-state index >= 15 is 0 Å². The molecule has 1 aromatic carbocycles. The number of hydrogen-bond donors (Lipinski definition) is 2. The van der Waals surface area contributed by atoms with Crippen LogP contribution in [-0.2, 0) is 6.42 Å². The Hall–Kier alpha value is -1.32. The lowest BCUT2D eigenvalue weighted by Crippen LogP contribution is -2.13. The van der Waals surface area contributed by atoms with Gasteiger partial charge in [0.1, 0.15) is 5.82 Å². The molecule has 0 spiro atoms. The number of nitrogens with two attached hydrogens (primary N) is 1. The number of nitrogens with one attached hydrogen (secondary N) is 1. The average molecular weight is 250 g/mol. The van der Waals surface area contributed by atoms with E-state index < -0.39 is 0 Å². The van der Waals surface area contributed by atoms with E-state index in [2.05, 4.69) is 16.9 Å². The highest BCUT2D eigenvalue weighted by Gasteiger charge is 2.06. The topological polar surface area (TPSA) is 54.7 Å². The Morgan fingerprint density at radius 3 is 2.71 bits per heavy atom. The number of aromatic amines is 1. The van der Waals surface area contributed by atoms with Crippen LogP contribution >= 0.6 is 11.6 Å². The van der Waals surface area contributed by atoms with Crippen LogP contribution in [0.2, 0.25) is 5.02 Å². The second-order valence-electron chi connectivity index (χ2n) is 4.30. The van der Waals surface area contributed by atoms with Crippen molar-refractivity contribution in [2.75, 3.05) is 6.54 Å². The highest BCUT2D eigenvalue weighted by molar-refractivity contribution is 6.30. The van der Waals surface area contributed by atoms with Gasteiger partial charge in [-0.25, -0.2) is 4.98 Å². The monoisotopic (exact) mass is 249 g/mol. The molecule has 0 aliphatic heterocycles. The molecule has 3 N–H and O–H groups in total. The molecule has 3 nitrogen and oxygen atoms in total. The summed E-state index contributed by atoms with van der Waals surface area (Å²) >= 11 is 5.85. The molecule has 1 atom stereocenters. The number of H-pyrrole nitrogens is 1. The number of hydrogen-bond acceptors (Lipinski definition) is 2. The van der Waals surface area contributed by atoms with Crippen molar-refractivity contribution in [2.24, 2.45) is 11.7 Å². The predicted molar refractivity (Wildman–Crippen MR) is 71.0 cm³/mol. The van der Waals surface area contributed by atoms with Crippen molar-refractivity contribution in [3.05, 3.63) is 41.3 Å². The molecule has 0 saturated heterocycles. The molecule has 0 radical (unpaired) electrons. The van der Waals surface area contributed by atoms with Crippen LogP contribution in [0.1, 0.15) is 12.7 Å². The van der Waals surface area contributed by atoms with Gasteiger partial charge in [0.15, 0.2) is 0 Å². The van der Waals surface area contributed by atoms with Crippen LogP contribution in [0.5, 0.6) is 0 Å². The summed E-state index contributed by atoms with van der Waals surface area (Å²) in [6.07, 6.45) is 2.73. The summed E-state index contributed by atoms with van der Waals surface area (Å²) in [6, 6.07) is 7.71. The maximum atomic E-state index is 5.85. The fraction of sp³-hybridized carbons (Fsp3) is 0.308. The zero-order valence-corrected chi connectivity index (χ0v) is 10.5. The van der Waals surface area contributed by atoms with Crippen molar-refractivity contribution >= 4 is 11.6 Å². The Morgan fingerprint density at radius 2 is 2.06 bits per heavy atom. The first-order valence-corrected chi connectivity index (χ1v) is 6.06. The van der Waals surface area contributed by atoms with E-state index in [9.17, 15) is 0 Å². The quantitative estimate of drug-likeness (QED) is 0.876. The summed E-state index contributed by atoms with van der Waals surface area (Å²) in [7, 11) is 0. The molecular formula is C13H16ClN3. The van der Waals surface area contributed by atoms with Crippen LogP contribution in [0.4, 0.5) is 0 Å². The van der Waals surface area contributed by atoms with Crippen molar-refractivity contribution in [1.82, 2.24) is 9.97 Å². The summed E-state index contributed by atoms with van der Waals surface area (Å²) < 4.78 is 0. The van der Waals surface area contributed by atoms with Crippen LogP contribution in [-0.4, -0.2) is 16.5 Å². The standard InChI is InChI=1S/C13H16ClN3/c1-9(7-15)6-13-16-8-12(17-13)10-2-4-11(14)5-3-10/h2-5,8-9H,6-7,15H2,1H3,(H,16,17). The molecule has 0 fully saturated rings. The van der Waals surface area contributed by atoms with E-state index in [0.717, 1.165) is 28.5 Å². The molecule has 0 bridgehead atoms. The molecule has 2 aromatic rings. The lowest BCUT2D eigenvalue weighted by atomic mass is 10.1. The molecular weight excluding hydrogens is 234 g/mol. The first kappa shape index (κ1) is 12.1. The molecule has 1 aromatic heterocycles. The fourth-order valence-corrected chi connectivity index (χ4v) is 1.78. The van der Waals surface area contributed by atoms with Crippen LogP contribution < -0.4 is 5.73 Å². The van der Waals surface area contributed by atoms with E-state index in [1.807, 2.05) is 30.5 Å². The van der Waals surface area contributed by atoms with Gasteiger partial charge in [0, 0.05) is 11.4 Å². The zero-order valence-electron chi connectivity index (χ0n) is 9.78. The van der Waals surface area contributed by atoms with Crippen molar-refractivity contribution in [1.29, 1.82) is 0 Å². The van der Waals surface area contributed by atoms with Gasteiger partial charge in [-0.15, -0.1) is 0 Å². The number of aromatic nitrogens is 2. The highest BCUT2D eigenvalue weighted by atomic mass is 35.5. The number of benzene rings is 1. The van der Waals surface area contributed by atoms with Gasteiger partial charge in [-0.2, -0.15) is 0 Å². The SMILES string of the molecule is CC(CN)Cc1ncc(-c2ccc(Cl)cc2)[nH]1. The van der Waals surface area contributed by atoms with Gasteiger partial charge < -0.3 is 10.7 Å². The maximum Gasteiger partial charge on any atom is 0.106 e. The molecule has 1 heterocycles. The Morgan fingerprint density at radius 1 is 1.35 bits per heavy atom.